The minimum atomic E-state index is -0.135. The molecule has 6 heteroatoms. The molecule has 1 aromatic rings. The number of anilines is 1. The van der Waals surface area contributed by atoms with E-state index in [0.717, 1.165) is 37.5 Å². The standard InChI is InChI=1S/C21H33N3O2S/c1-23(21(27)22-14-6-3-5-9-20(25)26-2)17-18-10-12-19(13-11-18)24-15-7-4-8-16-24/h10-13H,3-9,14-17H2,1-2H3,(H,22,27). The maximum absolute atomic E-state index is 11.1. The predicted molar refractivity (Wildman–Crippen MR) is 115 cm³/mol. The van der Waals surface area contributed by atoms with Gasteiger partial charge in [0.2, 0.25) is 0 Å². The fraction of sp³-hybridized carbons (Fsp3) is 0.619. The van der Waals surface area contributed by atoms with Crippen LogP contribution >= 0.6 is 12.2 Å². The van der Waals surface area contributed by atoms with Crippen molar-refractivity contribution in [1.29, 1.82) is 0 Å². The highest BCUT2D eigenvalue weighted by molar-refractivity contribution is 7.80. The van der Waals surface area contributed by atoms with Crippen molar-refractivity contribution >= 4 is 29.0 Å². The lowest BCUT2D eigenvalue weighted by atomic mass is 10.1. The van der Waals surface area contributed by atoms with E-state index in [1.54, 1.807) is 0 Å². The van der Waals surface area contributed by atoms with E-state index in [1.165, 1.54) is 50.7 Å². The Morgan fingerprint density at radius 2 is 1.85 bits per heavy atom. The number of hydrogen-bond donors (Lipinski definition) is 1. The molecular weight excluding hydrogens is 358 g/mol. The Bertz CT molecular complexity index is 586. The quantitative estimate of drug-likeness (QED) is 0.393. The van der Waals surface area contributed by atoms with Crippen LogP contribution in [0.1, 0.15) is 50.5 Å². The number of rotatable bonds is 9. The van der Waals surface area contributed by atoms with E-state index in [-0.39, 0.29) is 5.97 Å². The average molecular weight is 392 g/mol. The molecule has 0 amide bonds. The average Bonchev–Trinajstić information content (AvgIpc) is 2.71. The highest BCUT2D eigenvalue weighted by Crippen LogP contribution is 2.20. The number of esters is 1. The number of nitrogens with zero attached hydrogens (tertiary/aromatic N) is 2. The van der Waals surface area contributed by atoms with Gasteiger partial charge in [0.15, 0.2) is 5.11 Å². The molecule has 0 atom stereocenters. The molecule has 1 heterocycles. The Labute approximate surface area is 169 Å². The van der Waals surface area contributed by atoms with Crippen LogP contribution in [0.2, 0.25) is 0 Å². The number of hydrogen-bond acceptors (Lipinski definition) is 4. The zero-order chi connectivity index (χ0) is 19.5. The molecule has 5 nitrogen and oxygen atoms in total. The Kier molecular flexibility index (Phi) is 9.39. The number of nitrogens with one attached hydrogen (secondary N) is 1. The molecule has 1 saturated heterocycles. The molecule has 27 heavy (non-hydrogen) atoms. The second-order valence-electron chi connectivity index (χ2n) is 7.19. The molecule has 150 valence electrons. The summed E-state index contributed by atoms with van der Waals surface area (Å²) in [7, 11) is 3.45. The lowest BCUT2D eigenvalue weighted by Gasteiger charge is -2.29. The van der Waals surface area contributed by atoms with Crippen molar-refractivity contribution in [2.45, 2.75) is 51.5 Å². The van der Waals surface area contributed by atoms with Crippen LogP contribution in [0.15, 0.2) is 24.3 Å². The lowest BCUT2D eigenvalue weighted by molar-refractivity contribution is -0.140. The van der Waals surface area contributed by atoms with Crippen LogP contribution < -0.4 is 10.2 Å². The van der Waals surface area contributed by atoms with Crippen LogP contribution in [0, 0.1) is 0 Å². The molecule has 0 aromatic heterocycles. The van der Waals surface area contributed by atoms with E-state index in [9.17, 15) is 4.79 Å². The summed E-state index contributed by atoms with van der Waals surface area (Å²) in [4.78, 5) is 15.6. The van der Waals surface area contributed by atoms with Crippen molar-refractivity contribution in [2.24, 2.45) is 0 Å². The second-order valence-corrected chi connectivity index (χ2v) is 7.58. The molecule has 1 aliphatic rings. The van der Waals surface area contributed by atoms with Gasteiger partial charge in [-0.3, -0.25) is 4.79 Å². The summed E-state index contributed by atoms with van der Waals surface area (Å²) in [5, 5.41) is 4.07. The first-order valence-electron chi connectivity index (χ1n) is 10.00. The molecule has 0 spiro atoms. The number of piperidine rings is 1. The molecule has 0 bridgehead atoms. The normalized spacial score (nSPS) is 13.9. The van der Waals surface area contributed by atoms with Gasteiger partial charge in [0, 0.05) is 45.3 Å². The zero-order valence-electron chi connectivity index (χ0n) is 16.7. The van der Waals surface area contributed by atoms with Gasteiger partial charge in [-0.1, -0.05) is 18.6 Å². The number of carbonyl (C=O) groups is 1. The molecule has 1 N–H and O–H groups in total. The summed E-state index contributed by atoms with van der Waals surface area (Å²) in [5.74, 6) is -0.135. The summed E-state index contributed by atoms with van der Waals surface area (Å²) in [5.41, 5.74) is 2.59. The van der Waals surface area contributed by atoms with Crippen molar-refractivity contribution in [3.05, 3.63) is 29.8 Å². The first-order valence-corrected chi connectivity index (χ1v) is 10.4. The van der Waals surface area contributed by atoms with Crippen LogP contribution in [-0.4, -0.2) is 49.8 Å². The van der Waals surface area contributed by atoms with Gasteiger partial charge in [-0.25, -0.2) is 0 Å². The smallest absolute Gasteiger partial charge is 0.305 e. The summed E-state index contributed by atoms with van der Waals surface area (Å²) in [6.45, 7) is 3.98. The Balaban J connectivity index is 1.65. The van der Waals surface area contributed by atoms with Gasteiger partial charge < -0.3 is 19.9 Å². The number of methoxy groups -OCH3 is 1. The third-order valence-corrected chi connectivity index (χ3v) is 5.44. The van der Waals surface area contributed by atoms with E-state index in [4.69, 9.17) is 12.2 Å². The van der Waals surface area contributed by atoms with Gasteiger partial charge in [0.05, 0.1) is 7.11 Å². The largest absolute Gasteiger partial charge is 0.469 e. The van der Waals surface area contributed by atoms with Crippen molar-refractivity contribution in [1.82, 2.24) is 10.2 Å². The maximum atomic E-state index is 11.1. The summed E-state index contributed by atoms with van der Waals surface area (Å²) >= 11 is 5.47. The Morgan fingerprint density at radius 1 is 1.15 bits per heavy atom. The predicted octanol–water partition coefficient (Wildman–Crippen LogP) is 3.72. The fourth-order valence-electron chi connectivity index (χ4n) is 3.31. The first kappa shape index (κ1) is 21.5. The molecule has 2 rings (SSSR count). The Morgan fingerprint density at radius 3 is 2.52 bits per heavy atom. The summed E-state index contributed by atoms with van der Waals surface area (Å²) < 4.78 is 4.64. The van der Waals surface area contributed by atoms with Crippen molar-refractivity contribution in [3.8, 4) is 0 Å². The van der Waals surface area contributed by atoms with Gasteiger partial charge in [0.1, 0.15) is 0 Å². The van der Waals surface area contributed by atoms with Gasteiger partial charge in [-0.05, 0) is 62.0 Å². The van der Waals surface area contributed by atoms with E-state index in [0.29, 0.717) is 6.42 Å². The van der Waals surface area contributed by atoms with Gasteiger partial charge in [0.25, 0.3) is 0 Å². The zero-order valence-corrected chi connectivity index (χ0v) is 17.5. The third kappa shape index (κ3) is 7.75. The molecule has 1 fully saturated rings. The topological polar surface area (TPSA) is 44.8 Å². The van der Waals surface area contributed by atoms with E-state index >= 15 is 0 Å². The number of unbranched alkanes of at least 4 members (excludes halogenated alkanes) is 2. The van der Waals surface area contributed by atoms with E-state index < -0.39 is 0 Å². The van der Waals surface area contributed by atoms with Crippen LogP contribution in [0.5, 0.6) is 0 Å². The van der Waals surface area contributed by atoms with Gasteiger partial charge in [-0.15, -0.1) is 0 Å². The van der Waals surface area contributed by atoms with Crippen LogP contribution in [0.25, 0.3) is 0 Å². The molecular formula is C21H33N3O2S. The van der Waals surface area contributed by atoms with E-state index in [1.807, 2.05) is 7.05 Å². The molecule has 0 radical (unpaired) electrons. The number of benzene rings is 1. The van der Waals surface area contributed by atoms with Crippen LogP contribution in [0.3, 0.4) is 0 Å². The minimum Gasteiger partial charge on any atom is -0.469 e. The molecule has 0 unspecified atom stereocenters. The van der Waals surface area contributed by atoms with Crippen molar-refractivity contribution < 1.29 is 9.53 Å². The number of carbonyl (C=O) groups excluding carboxylic acids is 1. The van der Waals surface area contributed by atoms with Gasteiger partial charge >= 0.3 is 5.97 Å². The third-order valence-electron chi connectivity index (χ3n) is 4.99. The SMILES string of the molecule is COC(=O)CCCCCNC(=S)N(C)Cc1ccc(N2CCCCC2)cc1. The fourth-order valence-corrected chi connectivity index (χ4v) is 3.48. The highest BCUT2D eigenvalue weighted by Gasteiger charge is 2.11. The van der Waals surface area contributed by atoms with Gasteiger partial charge in [-0.2, -0.15) is 0 Å². The number of thiocarbonyl (C=S) groups is 1. The number of ether oxygens (including phenoxy) is 1. The molecule has 1 aromatic carbocycles. The maximum Gasteiger partial charge on any atom is 0.305 e. The summed E-state index contributed by atoms with van der Waals surface area (Å²) in [6, 6.07) is 8.87. The highest BCUT2D eigenvalue weighted by atomic mass is 32.1. The van der Waals surface area contributed by atoms with Crippen molar-refractivity contribution in [3.63, 3.8) is 0 Å². The van der Waals surface area contributed by atoms with Crippen LogP contribution in [-0.2, 0) is 16.1 Å². The lowest BCUT2D eigenvalue weighted by Crippen LogP contribution is -2.37. The summed E-state index contributed by atoms with van der Waals surface area (Å²) in [6.07, 6.45) is 7.30. The first-order chi connectivity index (χ1) is 13.1. The van der Waals surface area contributed by atoms with Crippen molar-refractivity contribution in [2.75, 3.05) is 38.7 Å². The molecule has 1 aliphatic heterocycles. The van der Waals surface area contributed by atoms with E-state index in [2.05, 4.69) is 44.1 Å². The van der Waals surface area contributed by atoms with Crippen LogP contribution in [0.4, 0.5) is 5.69 Å². The molecule has 0 aliphatic carbocycles. The second kappa shape index (κ2) is 11.8. The minimum absolute atomic E-state index is 0.135. The monoisotopic (exact) mass is 391 g/mol. The Hall–Kier alpha value is -1.82. The molecule has 0 saturated carbocycles.